The van der Waals surface area contributed by atoms with Gasteiger partial charge in [-0.15, -0.1) is 13.2 Å². The number of rotatable bonds is 4. The van der Waals surface area contributed by atoms with Crippen LogP contribution in [0.3, 0.4) is 0 Å². The zero-order chi connectivity index (χ0) is 10.5. The molecular formula is C12H20Si. The van der Waals surface area contributed by atoms with Crippen LogP contribution in [0.2, 0.25) is 0 Å². The molecule has 0 aliphatic carbocycles. The van der Waals surface area contributed by atoms with Crippen LogP contribution >= 0.6 is 0 Å². The fourth-order valence-electron chi connectivity index (χ4n) is 1.36. The average Bonchev–Trinajstić information content (AvgIpc) is 2.13. The molecule has 0 spiro atoms. The molecule has 0 unspecified atom stereocenters. The third-order valence-corrected chi connectivity index (χ3v) is 6.55. The van der Waals surface area contributed by atoms with E-state index in [0.29, 0.717) is 0 Å². The summed E-state index contributed by atoms with van der Waals surface area (Å²) in [6.45, 7) is 16.4. The molecule has 72 valence electrons. The Balaban J connectivity index is 5.35. The Bertz CT molecular complexity index is 244. The third-order valence-electron chi connectivity index (χ3n) is 2.52. The van der Waals surface area contributed by atoms with Crippen molar-refractivity contribution in [1.29, 1.82) is 0 Å². The first-order chi connectivity index (χ1) is 6.04. The minimum Gasteiger partial charge on any atom is -0.106 e. The molecule has 0 nitrogen and oxygen atoms in total. The SMILES string of the molecule is C=C[Si](C=C)(C=CC)C(C)=C(C)C. The molecule has 0 aliphatic rings. The van der Waals surface area contributed by atoms with Crippen molar-refractivity contribution >= 4 is 8.07 Å². The van der Waals surface area contributed by atoms with Gasteiger partial charge in [-0.3, -0.25) is 0 Å². The lowest BCUT2D eigenvalue weighted by Crippen LogP contribution is -2.30. The van der Waals surface area contributed by atoms with Gasteiger partial charge in [-0.1, -0.05) is 33.9 Å². The van der Waals surface area contributed by atoms with Crippen LogP contribution in [-0.4, -0.2) is 8.07 Å². The van der Waals surface area contributed by atoms with Gasteiger partial charge in [-0.25, -0.2) is 0 Å². The van der Waals surface area contributed by atoms with E-state index in [9.17, 15) is 0 Å². The summed E-state index contributed by atoms with van der Waals surface area (Å²) < 4.78 is 0. The molecule has 0 aliphatic heterocycles. The summed E-state index contributed by atoms with van der Waals surface area (Å²) in [5.41, 5.74) is 7.78. The van der Waals surface area contributed by atoms with E-state index < -0.39 is 8.07 Å². The topological polar surface area (TPSA) is 0 Å². The molecule has 13 heavy (non-hydrogen) atoms. The van der Waals surface area contributed by atoms with Gasteiger partial charge in [0.1, 0.15) is 0 Å². The highest BCUT2D eigenvalue weighted by Gasteiger charge is 2.24. The maximum absolute atomic E-state index is 3.93. The number of hydrogen-bond acceptors (Lipinski definition) is 0. The van der Waals surface area contributed by atoms with E-state index in [0.717, 1.165) is 0 Å². The summed E-state index contributed by atoms with van der Waals surface area (Å²) in [5, 5.41) is 1.44. The van der Waals surface area contributed by atoms with Crippen molar-refractivity contribution in [3.05, 3.63) is 47.1 Å². The van der Waals surface area contributed by atoms with Crippen molar-refractivity contribution in [1.82, 2.24) is 0 Å². The van der Waals surface area contributed by atoms with Gasteiger partial charge in [0.2, 0.25) is 0 Å². The summed E-state index contributed by atoms with van der Waals surface area (Å²) in [6.07, 6.45) is 2.10. The van der Waals surface area contributed by atoms with Gasteiger partial charge in [0.05, 0.1) is 0 Å². The van der Waals surface area contributed by atoms with E-state index in [2.05, 4.69) is 57.1 Å². The monoisotopic (exact) mass is 192 g/mol. The van der Waals surface area contributed by atoms with Crippen molar-refractivity contribution in [2.75, 3.05) is 0 Å². The second kappa shape index (κ2) is 5.03. The normalized spacial score (nSPS) is 11.4. The molecule has 0 aromatic rings. The third kappa shape index (κ3) is 2.56. The first-order valence-corrected chi connectivity index (χ1v) is 6.83. The summed E-state index contributed by atoms with van der Waals surface area (Å²) in [7, 11) is -1.68. The van der Waals surface area contributed by atoms with Gasteiger partial charge in [0.25, 0.3) is 0 Å². The minimum absolute atomic E-state index is 1.38. The lowest BCUT2D eigenvalue weighted by atomic mass is 10.3. The predicted octanol–water partition coefficient (Wildman–Crippen LogP) is 3.90. The molecule has 0 amide bonds. The predicted molar refractivity (Wildman–Crippen MR) is 65.0 cm³/mol. The fraction of sp³-hybridized carbons (Fsp3) is 0.333. The molecule has 0 saturated carbocycles. The van der Waals surface area contributed by atoms with Crippen molar-refractivity contribution in [2.45, 2.75) is 27.7 Å². The van der Waals surface area contributed by atoms with Crippen LogP contribution < -0.4 is 0 Å². The van der Waals surface area contributed by atoms with Crippen LogP contribution in [0.1, 0.15) is 27.7 Å². The summed E-state index contributed by atoms with van der Waals surface area (Å²) in [6, 6.07) is 0. The molecule has 0 rings (SSSR count). The summed E-state index contributed by atoms with van der Waals surface area (Å²) >= 11 is 0. The largest absolute Gasteiger partial charge is 0.152 e. The Hall–Kier alpha value is -0.823. The molecule has 1 heteroatoms. The molecule has 0 radical (unpaired) electrons. The van der Waals surface area contributed by atoms with Crippen LogP contribution in [0.15, 0.2) is 47.1 Å². The van der Waals surface area contributed by atoms with E-state index >= 15 is 0 Å². The molecule has 0 N–H and O–H groups in total. The van der Waals surface area contributed by atoms with Crippen LogP contribution in [0.5, 0.6) is 0 Å². The van der Waals surface area contributed by atoms with E-state index in [1.165, 1.54) is 10.8 Å². The first-order valence-electron chi connectivity index (χ1n) is 4.59. The van der Waals surface area contributed by atoms with E-state index in [4.69, 9.17) is 0 Å². The van der Waals surface area contributed by atoms with Gasteiger partial charge in [0, 0.05) is 0 Å². The number of hydrogen-bond donors (Lipinski definition) is 0. The Morgan fingerprint density at radius 2 is 1.54 bits per heavy atom. The standard InChI is InChI=1S/C12H20Si/c1-7-10-13(8-2,9-3)12(6)11(4)5/h7-10H,2-3H2,1,4-6H3. The van der Waals surface area contributed by atoms with Crippen LogP contribution in [-0.2, 0) is 0 Å². The fourth-order valence-corrected chi connectivity index (χ4v) is 4.08. The lowest BCUT2D eigenvalue weighted by molar-refractivity contribution is 1.32. The van der Waals surface area contributed by atoms with Crippen LogP contribution in [0, 0.1) is 0 Å². The first kappa shape index (κ1) is 12.2. The van der Waals surface area contributed by atoms with Crippen molar-refractivity contribution < 1.29 is 0 Å². The van der Waals surface area contributed by atoms with E-state index in [1.54, 1.807) is 0 Å². The lowest BCUT2D eigenvalue weighted by Gasteiger charge is -2.22. The molecule has 0 saturated heterocycles. The van der Waals surface area contributed by atoms with E-state index in [1.807, 2.05) is 6.92 Å². The molecular weight excluding hydrogens is 172 g/mol. The summed E-state index contributed by atoms with van der Waals surface area (Å²) in [5.74, 6) is 0. The molecule has 0 bridgehead atoms. The second-order valence-electron chi connectivity index (χ2n) is 3.47. The molecule has 0 atom stereocenters. The highest BCUT2D eigenvalue weighted by molar-refractivity contribution is 6.98. The average molecular weight is 192 g/mol. The molecule has 0 aromatic carbocycles. The molecule has 0 heterocycles. The Kier molecular flexibility index (Phi) is 4.71. The maximum Gasteiger partial charge on any atom is 0.152 e. The van der Waals surface area contributed by atoms with Gasteiger partial charge >= 0.3 is 0 Å². The smallest absolute Gasteiger partial charge is 0.106 e. The van der Waals surface area contributed by atoms with Gasteiger partial charge < -0.3 is 0 Å². The van der Waals surface area contributed by atoms with Gasteiger partial charge in [-0.05, 0) is 27.7 Å². The highest BCUT2D eigenvalue weighted by Crippen LogP contribution is 2.21. The Morgan fingerprint density at radius 1 is 1.08 bits per heavy atom. The van der Waals surface area contributed by atoms with E-state index in [-0.39, 0.29) is 0 Å². The van der Waals surface area contributed by atoms with Crippen LogP contribution in [0.4, 0.5) is 0 Å². The quantitative estimate of drug-likeness (QED) is 0.593. The van der Waals surface area contributed by atoms with Crippen molar-refractivity contribution in [3.63, 3.8) is 0 Å². The number of allylic oxidation sites excluding steroid dienone is 3. The minimum atomic E-state index is -1.68. The second-order valence-corrected chi connectivity index (χ2v) is 7.23. The molecule has 0 aromatic heterocycles. The Morgan fingerprint density at radius 3 is 1.77 bits per heavy atom. The van der Waals surface area contributed by atoms with Crippen LogP contribution in [0.25, 0.3) is 0 Å². The zero-order valence-corrected chi connectivity index (χ0v) is 10.2. The summed E-state index contributed by atoms with van der Waals surface area (Å²) in [4.78, 5) is 0. The maximum atomic E-state index is 3.93. The van der Waals surface area contributed by atoms with Gasteiger partial charge in [-0.2, -0.15) is 0 Å². The van der Waals surface area contributed by atoms with Crippen molar-refractivity contribution in [2.24, 2.45) is 0 Å². The zero-order valence-electron chi connectivity index (χ0n) is 9.22. The highest BCUT2D eigenvalue weighted by atomic mass is 28.3. The van der Waals surface area contributed by atoms with Gasteiger partial charge in [0.15, 0.2) is 8.07 Å². The van der Waals surface area contributed by atoms with Crippen molar-refractivity contribution in [3.8, 4) is 0 Å². The Labute approximate surface area is 83.4 Å². The molecule has 0 fully saturated rings.